The van der Waals surface area contributed by atoms with Crippen LogP contribution in [0.1, 0.15) is 31.6 Å². The fourth-order valence-electron chi connectivity index (χ4n) is 3.41. The number of benzene rings is 2. The summed E-state index contributed by atoms with van der Waals surface area (Å²) < 4.78 is 22.9. The first-order valence-electron chi connectivity index (χ1n) is 10.4. The summed E-state index contributed by atoms with van der Waals surface area (Å²) in [5.74, 6) is 3.08. The molecule has 0 aliphatic carbocycles. The van der Waals surface area contributed by atoms with E-state index >= 15 is 0 Å². The lowest BCUT2D eigenvalue weighted by molar-refractivity contribution is 0.218. The van der Waals surface area contributed by atoms with Gasteiger partial charge in [0.25, 0.3) is 0 Å². The Kier molecular flexibility index (Phi) is 6.84. The summed E-state index contributed by atoms with van der Waals surface area (Å²) in [6, 6.07) is 11.5. The molecule has 9 heteroatoms. The van der Waals surface area contributed by atoms with Crippen LogP contribution in [0.15, 0.2) is 41.6 Å². The molecular formula is C23H26N4O4S. The first kappa shape index (κ1) is 22.0. The van der Waals surface area contributed by atoms with Crippen LogP contribution in [0, 0.1) is 0 Å². The molecule has 32 heavy (non-hydrogen) atoms. The van der Waals surface area contributed by atoms with E-state index in [1.54, 1.807) is 39.2 Å². The van der Waals surface area contributed by atoms with E-state index in [1.165, 1.54) is 0 Å². The van der Waals surface area contributed by atoms with Crippen molar-refractivity contribution in [3.63, 3.8) is 0 Å². The van der Waals surface area contributed by atoms with Crippen LogP contribution < -0.4 is 24.3 Å². The Morgan fingerprint density at radius 1 is 1.00 bits per heavy atom. The van der Waals surface area contributed by atoms with Gasteiger partial charge in [0.15, 0.2) is 17.2 Å². The molecule has 1 aliphatic rings. The molecule has 0 saturated heterocycles. The van der Waals surface area contributed by atoms with Crippen molar-refractivity contribution in [2.45, 2.75) is 31.1 Å². The maximum atomic E-state index is 6.37. The van der Waals surface area contributed by atoms with Gasteiger partial charge in [0.05, 0.1) is 26.9 Å². The van der Waals surface area contributed by atoms with E-state index in [0.29, 0.717) is 34.0 Å². The topological polar surface area (TPSA) is 87.6 Å². The molecule has 0 saturated carbocycles. The van der Waals surface area contributed by atoms with Crippen LogP contribution in [-0.2, 0) is 0 Å². The summed E-state index contributed by atoms with van der Waals surface area (Å²) >= 11 is 1.58. The summed E-state index contributed by atoms with van der Waals surface area (Å²) in [7, 11) is 4.79. The quantitative estimate of drug-likeness (QED) is 0.375. The highest BCUT2D eigenvalue weighted by atomic mass is 32.2. The summed E-state index contributed by atoms with van der Waals surface area (Å²) in [6.45, 7) is 2.16. The number of rotatable bonds is 8. The number of aromatic nitrogens is 3. The lowest BCUT2D eigenvalue weighted by Gasteiger charge is -2.22. The van der Waals surface area contributed by atoms with Gasteiger partial charge in [-0.05, 0) is 18.6 Å². The number of unbranched alkanes of at least 4 members (excludes halogenated alkanes) is 1. The van der Waals surface area contributed by atoms with Gasteiger partial charge in [-0.3, -0.25) is 0 Å². The van der Waals surface area contributed by atoms with Crippen molar-refractivity contribution in [2.24, 2.45) is 0 Å². The van der Waals surface area contributed by atoms with Gasteiger partial charge in [0, 0.05) is 23.1 Å². The number of hydrogen-bond acceptors (Lipinski definition) is 9. The maximum absolute atomic E-state index is 6.37. The number of para-hydroxylation sites is 1. The van der Waals surface area contributed by atoms with Crippen molar-refractivity contribution in [1.29, 1.82) is 0 Å². The number of hydrogen-bond donors (Lipinski definition) is 1. The summed E-state index contributed by atoms with van der Waals surface area (Å²) in [5, 5.41) is 12.8. The van der Waals surface area contributed by atoms with Crippen LogP contribution in [0.3, 0.4) is 0 Å². The number of nitrogens with one attached hydrogen (secondary N) is 1. The van der Waals surface area contributed by atoms with Gasteiger partial charge in [-0.15, -0.1) is 10.2 Å². The minimum Gasteiger partial charge on any atom is -0.496 e. The lowest BCUT2D eigenvalue weighted by Crippen LogP contribution is -2.18. The monoisotopic (exact) mass is 454 g/mol. The van der Waals surface area contributed by atoms with Crippen molar-refractivity contribution in [3.8, 4) is 34.4 Å². The van der Waals surface area contributed by atoms with E-state index in [9.17, 15) is 0 Å². The minimum atomic E-state index is -0.600. The van der Waals surface area contributed by atoms with Gasteiger partial charge < -0.3 is 24.3 Å². The summed E-state index contributed by atoms with van der Waals surface area (Å²) in [4.78, 5) is 4.68. The van der Waals surface area contributed by atoms with Gasteiger partial charge in [0.2, 0.25) is 17.3 Å². The predicted molar refractivity (Wildman–Crippen MR) is 124 cm³/mol. The Balaban J connectivity index is 1.79. The molecule has 1 unspecified atom stereocenters. The van der Waals surface area contributed by atoms with Gasteiger partial charge in [0.1, 0.15) is 5.75 Å². The van der Waals surface area contributed by atoms with Gasteiger partial charge in [-0.1, -0.05) is 43.3 Å². The molecule has 2 aromatic carbocycles. The second-order valence-electron chi connectivity index (χ2n) is 7.09. The normalized spacial score (nSPS) is 14.3. The average molecular weight is 455 g/mol. The Morgan fingerprint density at radius 2 is 1.75 bits per heavy atom. The van der Waals surface area contributed by atoms with Gasteiger partial charge in [-0.25, -0.2) is 0 Å². The highest BCUT2D eigenvalue weighted by Gasteiger charge is 2.29. The second-order valence-corrected chi connectivity index (χ2v) is 8.15. The molecule has 4 rings (SSSR count). The van der Waals surface area contributed by atoms with Gasteiger partial charge in [-0.2, -0.15) is 4.98 Å². The molecule has 0 fully saturated rings. The third-order valence-electron chi connectivity index (χ3n) is 5.08. The molecule has 0 radical (unpaired) electrons. The average Bonchev–Trinajstić information content (AvgIpc) is 2.99. The third-order valence-corrected chi connectivity index (χ3v) is 6.00. The second kappa shape index (κ2) is 9.95. The van der Waals surface area contributed by atoms with E-state index in [0.717, 1.165) is 35.4 Å². The molecule has 168 valence electrons. The highest BCUT2D eigenvalue weighted by Crippen LogP contribution is 2.43. The standard InChI is InChI=1S/C23H26N4O4S/c1-5-6-11-32-23-25-22-20(26-27-23)14-9-7-8-10-16(14)24-21(31-22)15-12-18(29-3)19(30-4)13-17(15)28-2/h7-10,12-13,21,24H,5-6,11H2,1-4H3. The molecule has 2 heterocycles. The molecule has 1 aliphatic heterocycles. The smallest absolute Gasteiger partial charge is 0.247 e. The molecule has 1 atom stereocenters. The Bertz CT molecular complexity index is 1100. The predicted octanol–water partition coefficient (Wildman–Crippen LogP) is 4.96. The fraction of sp³-hybridized carbons (Fsp3) is 0.348. The molecule has 1 N–H and O–H groups in total. The van der Waals surface area contributed by atoms with Crippen LogP contribution in [0.2, 0.25) is 0 Å². The Morgan fingerprint density at radius 3 is 2.50 bits per heavy atom. The van der Waals surface area contributed by atoms with Crippen molar-refractivity contribution >= 4 is 17.4 Å². The molecule has 1 aromatic heterocycles. The van der Waals surface area contributed by atoms with E-state index in [2.05, 4.69) is 27.4 Å². The largest absolute Gasteiger partial charge is 0.496 e. The van der Waals surface area contributed by atoms with Crippen LogP contribution >= 0.6 is 11.8 Å². The minimum absolute atomic E-state index is 0.415. The van der Waals surface area contributed by atoms with Crippen molar-refractivity contribution < 1.29 is 18.9 Å². The first-order chi connectivity index (χ1) is 15.7. The number of fused-ring (bicyclic) bond motifs is 3. The zero-order chi connectivity index (χ0) is 22.5. The molecule has 0 amide bonds. The van der Waals surface area contributed by atoms with Crippen LogP contribution in [0.5, 0.6) is 23.1 Å². The van der Waals surface area contributed by atoms with E-state index < -0.39 is 6.23 Å². The first-order valence-corrected chi connectivity index (χ1v) is 11.4. The number of nitrogens with zero attached hydrogens (tertiary/aromatic N) is 3. The molecule has 8 nitrogen and oxygen atoms in total. The van der Waals surface area contributed by atoms with Crippen molar-refractivity contribution in [1.82, 2.24) is 15.2 Å². The van der Waals surface area contributed by atoms with Gasteiger partial charge >= 0.3 is 0 Å². The molecular weight excluding hydrogens is 428 g/mol. The molecule has 0 spiro atoms. The summed E-state index contributed by atoms with van der Waals surface area (Å²) in [5.41, 5.74) is 3.06. The zero-order valence-electron chi connectivity index (χ0n) is 18.5. The van der Waals surface area contributed by atoms with Crippen LogP contribution in [-0.4, -0.2) is 42.3 Å². The molecule has 3 aromatic rings. The van der Waals surface area contributed by atoms with Crippen molar-refractivity contribution in [3.05, 3.63) is 42.0 Å². The lowest BCUT2D eigenvalue weighted by atomic mass is 10.1. The molecule has 0 bridgehead atoms. The van der Waals surface area contributed by atoms with E-state index in [1.807, 2.05) is 30.3 Å². The maximum Gasteiger partial charge on any atom is 0.247 e. The Labute approximate surface area is 191 Å². The van der Waals surface area contributed by atoms with Crippen LogP contribution in [0.4, 0.5) is 5.69 Å². The van der Waals surface area contributed by atoms with Crippen LogP contribution in [0.25, 0.3) is 11.3 Å². The summed E-state index contributed by atoms with van der Waals surface area (Å²) in [6.07, 6.45) is 1.60. The zero-order valence-corrected chi connectivity index (χ0v) is 19.4. The number of ether oxygens (including phenoxy) is 4. The highest BCUT2D eigenvalue weighted by molar-refractivity contribution is 7.99. The number of methoxy groups -OCH3 is 3. The number of anilines is 1. The SMILES string of the molecule is CCCCSc1nnc2c(n1)OC(c1cc(OC)c(OC)cc1OC)Nc1ccccc1-2. The van der Waals surface area contributed by atoms with E-state index in [-0.39, 0.29) is 0 Å². The van der Waals surface area contributed by atoms with E-state index in [4.69, 9.17) is 18.9 Å². The van der Waals surface area contributed by atoms with Crippen molar-refractivity contribution in [2.75, 3.05) is 32.4 Å². The fourth-order valence-corrected chi connectivity index (χ4v) is 4.28. The third kappa shape index (κ3) is 4.38. The Hall–Kier alpha value is -3.20. The number of thioether (sulfide) groups is 1.